The summed E-state index contributed by atoms with van der Waals surface area (Å²) in [6, 6.07) is 9.51. The number of carboxylic acid groups (broad SMARTS) is 2. The largest absolute Gasteiger partial charge is 0.478 e. The molecule has 2 N–H and O–H groups in total. The zero-order chi connectivity index (χ0) is 18.7. The zero-order valence-electron chi connectivity index (χ0n) is 13.4. The van der Waals surface area contributed by atoms with E-state index in [0.717, 1.165) is 11.8 Å². The quantitative estimate of drug-likeness (QED) is 0.493. The molecule has 0 aliphatic rings. The summed E-state index contributed by atoms with van der Waals surface area (Å²) >= 11 is 0.793. The van der Waals surface area contributed by atoms with Crippen molar-refractivity contribution in [3.63, 3.8) is 0 Å². The molecule has 0 aliphatic carbocycles. The standard InChI is InChI=1S/C17H12N2O6S/c1-9-18-19-17(24-9)26-14(16(22)23)8-10-6-7-13(25-10)11-4-2-3-5-12(11)15(20)21/h2-8H,1H3,(H,20,21)(H,22,23)/b14-8+. The Morgan fingerprint density at radius 1 is 1.08 bits per heavy atom. The van der Waals surface area contributed by atoms with Crippen molar-refractivity contribution in [1.82, 2.24) is 10.2 Å². The Morgan fingerprint density at radius 2 is 1.85 bits per heavy atom. The molecular weight excluding hydrogens is 360 g/mol. The van der Waals surface area contributed by atoms with Gasteiger partial charge in [-0.3, -0.25) is 0 Å². The molecule has 0 saturated carbocycles. The molecule has 2 heterocycles. The highest BCUT2D eigenvalue weighted by Crippen LogP contribution is 2.30. The van der Waals surface area contributed by atoms with Crippen LogP contribution < -0.4 is 0 Å². The minimum absolute atomic E-state index is 0.0823. The van der Waals surface area contributed by atoms with E-state index in [9.17, 15) is 19.8 Å². The van der Waals surface area contributed by atoms with Crippen LogP contribution in [0.5, 0.6) is 0 Å². The van der Waals surface area contributed by atoms with Crippen LogP contribution in [0.4, 0.5) is 0 Å². The first-order valence-electron chi connectivity index (χ1n) is 7.29. The second-order valence-corrected chi connectivity index (χ2v) is 6.05. The number of carboxylic acids is 2. The smallest absolute Gasteiger partial charge is 0.342 e. The van der Waals surface area contributed by atoms with Gasteiger partial charge in [0.1, 0.15) is 16.4 Å². The fourth-order valence-electron chi connectivity index (χ4n) is 2.14. The maximum Gasteiger partial charge on any atom is 0.342 e. The lowest BCUT2D eigenvalue weighted by molar-refractivity contribution is -0.131. The number of nitrogens with zero attached hydrogens (tertiary/aromatic N) is 2. The summed E-state index contributed by atoms with van der Waals surface area (Å²) in [5, 5.41) is 26.1. The topological polar surface area (TPSA) is 127 Å². The molecule has 0 aliphatic heterocycles. The van der Waals surface area contributed by atoms with E-state index < -0.39 is 11.9 Å². The number of aromatic carboxylic acids is 1. The molecule has 0 radical (unpaired) electrons. The molecule has 2 aromatic heterocycles. The van der Waals surface area contributed by atoms with Crippen molar-refractivity contribution in [3.05, 3.63) is 58.5 Å². The van der Waals surface area contributed by atoms with E-state index in [1.165, 1.54) is 12.1 Å². The molecule has 0 amide bonds. The van der Waals surface area contributed by atoms with Gasteiger partial charge in [-0.05, 0) is 30.0 Å². The molecule has 0 bridgehead atoms. The van der Waals surface area contributed by atoms with Crippen molar-refractivity contribution in [2.45, 2.75) is 12.1 Å². The van der Waals surface area contributed by atoms with Crippen molar-refractivity contribution < 1.29 is 28.6 Å². The van der Waals surface area contributed by atoms with Crippen molar-refractivity contribution in [2.24, 2.45) is 0 Å². The SMILES string of the molecule is Cc1nnc(S/C(=C/c2ccc(-c3ccccc3C(=O)O)o2)C(=O)O)o1. The number of hydrogen-bond acceptors (Lipinski definition) is 7. The number of benzene rings is 1. The van der Waals surface area contributed by atoms with Crippen LogP contribution in [-0.4, -0.2) is 32.3 Å². The van der Waals surface area contributed by atoms with Crippen LogP contribution in [0.25, 0.3) is 17.4 Å². The number of aryl methyl sites for hydroxylation is 1. The maximum absolute atomic E-state index is 11.4. The minimum atomic E-state index is -1.19. The minimum Gasteiger partial charge on any atom is -0.478 e. The van der Waals surface area contributed by atoms with Crippen molar-refractivity contribution in [1.29, 1.82) is 0 Å². The Kier molecular flexibility index (Phi) is 4.90. The first-order valence-corrected chi connectivity index (χ1v) is 8.11. The van der Waals surface area contributed by atoms with Crippen LogP contribution in [0.3, 0.4) is 0 Å². The molecule has 0 saturated heterocycles. The highest BCUT2D eigenvalue weighted by Gasteiger charge is 2.17. The second kappa shape index (κ2) is 7.28. The number of hydrogen-bond donors (Lipinski definition) is 2. The fourth-order valence-corrected chi connectivity index (χ4v) is 2.83. The molecule has 3 aromatic rings. The van der Waals surface area contributed by atoms with Gasteiger partial charge in [0.15, 0.2) is 0 Å². The summed E-state index contributed by atoms with van der Waals surface area (Å²) in [5.41, 5.74) is 0.489. The Bertz CT molecular complexity index is 1000. The van der Waals surface area contributed by atoms with Gasteiger partial charge in [0.05, 0.1) is 5.56 Å². The highest BCUT2D eigenvalue weighted by molar-refractivity contribution is 8.03. The Balaban J connectivity index is 1.92. The van der Waals surface area contributed by atoms with Gasteiger partial charge in [-0.2, -0.15) is 0 Å². The lowest BCUT2D eigenvalue weighted by atomic mass is 10.1. The van der Waals surface area contributed by atoms with Crippen LogP contribution >= 0.6 is 11.8 Å². The van der Waals surface area contributed by atoms with E-state index in [-0.39, 0.29) is 21.5 Å². The number of aromatic nitrogens is 2. The third-order valence-electron chi connectivity index (χ3n) is 3.24. The van der Waals surface area contributed by atoms with Crippen LogP contribution in [-0.2, 0) is 4.79 Å². The van der Waals surface area contributed by atoms with Gasteiger partial charge in [-0.1, -0.05) is 18.2 Å². The lowest BCUT2D eigenvalue weighted by Crippen LogP contribution is -1.98. The van der Waals surface area contributed by atoms with Gasteiger partial charge in [-0.25, -0.2) is 9.59 Å². The number of carbonyl (C=O) groups is 2. The lowest BCUT2D eigenvalue weighted by Gasteiger charge is -2.02. The Labute approximate surface area is 151 Å². The van der Waals surface area contributed by atoms with Crippen LogP contribution in [0.2, 0.25) is 0 Å². The fraction of sp³-hybridized carbons (Fsp3) is 0.0588. The van der Waals surface area contributed by atoms with E-state index >= 15 is 0 Å². The molecule has 0 atom stereocenters. The number of aliphatic carboxylic acids is 1. The molecule has 9 heteroatoms. The average molecular weight is 372 g/mol. The summed E-state index contributed by atoms with van der Waals surface area (Å²) < 4.78 is 10.8. The van der Waals surface area contributed by atoms with Gasteiger partial charge in [0, 0.05) is 18.6 Å². The van der Waals surface area contributed by atoms with E-state index in [0.29, 0.717) is 17.2 Å². The van der Waals surface area contributed by atoms with Gasteiger partial charge < -0.3 is 19.0 Å². The van der Waals surface area contributed by atoms with Gasteiger partial charge in [0.2, 0.25) is 5.89 Å². The molecule has 0 unspecified atom stereocenters. The summed E-state index contributed by atoms with van der Waals surface area (Å²) in [6.07, 6.45) is 1.30. The summed E-state index contributed by atoms with van der Waals surface area (Å²) in [7, 11) is 0. The number of rotatable bonds is 6. The van der Waals surface area contributed by atoms with Crippen molar-refractivity contribution in [3.8, 4) is 11.3 Å². The normalized spacial score (nSPS) is 11.5. The van der Waals surface area contributed by atoms with Gasteiger partial charge in [-0.15, -0.1) is 10.2 Å². The third kappa shape index (κ3) is 3.83. The third-order valence-corrected chi connectivity index (χ3v) is 4.09. The Morgan fingerprint density at radius 3 is 2.50 bits per heavy atom. The van der Waals surface area contributed by atoms with Crippen LogP contribution in [0, 0.1) is 6.92 Å². The first-order chi connectivity index (χ1) is 12.4. The van der Waals surface area contributed by atoms with Crippen molar-refractivity contribution >= 4 is 29.8 Å². The predicted octanol–water partition coefficient (Wildman–Crippen LogP) is 3.55. The van der Waals surface area contributed by atoms with Crippen LogP contribution in [0.1, 0.15) is 22.0 Å². The summed E-state index contributed by atoms with van der Waals surface area (Å²) in [5.74, 6) is -1.38. The monoisotopic (exact) mass is 372 g/mol. The van der Waals surface area contributed by atoms with Gasteiger partial charge in [0.25, 0.3) is 5.22 Å². The van der Waals surface area contributed by atoms with E-state index in [4.69, 9.17) is 8.83 Å². The molecule has 1 aromatic carbocycles. The summed E-state index contributed by atoms with van der Waals surface area (Å²) in [6.45, 7) is 1.60. The number of thioether (sulfide) groups is 1. The zero-order valence-corrected chi connectivity index (χ0v) is 14.2. The van der Waals surface area contributed by atoms with Crippen molar-refractivity contribution in [2.75, 3.05) is 0 Å². The molecule has 8 nitrogen and oxygen atoms in total. The molecule has 3 rings (SSSR count). The molecule has 26 heavy (non-hydrogen) atoms. The number of furan rings is 1. The molecule has 132 valence electrons. The Hall–Kier alpha value is -3.33. The predicted molar refractivity (Wildman–Crippen MR) is 91.6 cm³/mol. The van der Waals surface area contributed by atoms with Crippen LogP contribution in [0.15, 0.2) is 55.4 Å². The van der Waals surface area contributed by atoms with E-state index in [2.05, 4.69) is 10.2 Å². The molecule has 0 fully saturated rings. The highest BCUT2D eigenvalue weighted by atomic mass is 32.2. The van der Waals surface area contributed by atoms with Gasteiger partial charge >= 0.3 is 11.9 Å². The second-order valence-electron chi connectivity index (χ2n) is 5.06. The first kappa shape index (κ1) is 17.5. The average Bonchev–Trinajstić information content (AvgIpc) is 3.23. The summed E-state index contributed by atoms with van der Waals surface area (Å²) in [4.78, 5) is 22.7. The molecule has 0 spiro atoms. The van der Waals surface area contributed by atoms with E-state index in [1.807, 2.05) is 0 Å². The molecular formula is C17H12N2O6S. The maximum atomic E-state index is 11.4. The van der Waals surface area contributed by atoms with E-state index in [1.54, 1.807) is 37.3 Å².